The molecule has 7 nitrogen and oxygen atoms in total. The van der Waals surface area contributed by atoms with Gasteiger partial charge in [-0.3, -0.25) is 19.5 Å². The van der Waals surface area contributed by atoms with Gasteiger partial charge in [-0.25, -0.2) is 0 Å². The van der Waals surface area contributed by atoms with Crippen molar-refractivity contribution in [3.63, 3.8) is 0 Å². The van der Waals surface area contributed by atoms with Gasteiger partial charge in [-0.05, 0) is 43.0 Å². The van der Waals surface area contributed by atoms with Crippen molar-refractivity contribution in [3.8, 4) is 0 Å². The summed E-state index contributed by atoms with van der Waals surface area (Å²) in [6, 6.07) is 11.5. The van der Waals surface area contributed by atoms with E-state index in [-0.39, 0.29) is 18.4 Å². The summed E-state index contributed by atoms with van der Waals surface area (Å²) in [6.07, 6.45) is 3.48. The number of carbonyl (C=O) groups is 2. The molecule has 1 saturated heterocycles. The lowest BCUT2D eigenvalue weighted by atomic mass is 10.1. The average Bonchev–Trinajstić information content (AvgIpc) is 3.43. The number of amides is 2. The van der Waals surface area contributed by atoms with Crippen LogP contribution >= 0.6 is 11.8 Å². The second-order valence-electron chi connectivity index (χ2n) is 6.94. The molecule has 1 aromatic carbocycles. The van der Waals surface area contributed by atoms with E-state index < -0.39 is 0 Å². The maximum absolute atomic E-state index is 12.6. The van der Waals surface area contributed by atoms with Gasteiger partial charge in [0, 0.05) is 36.3 Å². The molecule has 154 valence electrons. The van der Waals surface area contributed by atoms with Crippen molar-refractivity contribution in [1.82, 2.24) is 14.8 Å². The molecule has 30 heavy (non-hydrogen) atoms. The number of carbonyl (C=O) groups excluding carboxylic acids is 2. The minimum absolute atomic E-state index is 0.0759. The third-order valence-corrected chi connectivity index (χ3v) is 6.24. The van der Waals surface area contributed by atoms with Crippen molar-refractivity contribution < 1.29 is 14.0 Å². The zero-order valence-electron chi connectivity index (χ0n) is 17.0. The number of aromatic nitrogens is 1. The maximum atomic E-state index is 12.6. The van der Waals surface area contributed by atoms with E-state index in [4.69, 9.17) is 4.42 Å². The molecule has 8 heteroatoms. The van der Waals surface area contributed by atoms with E-state index in [1.165, 1.54) is 11.8 Å². The Hall–Kier alpha value is -3.26. The number of furan rings is 1. The number of likely N-dealkylation sites (N-methyl/N-ethyl adjacent to an activating group) is 1. The third kappa shape index (κ3) is 3.66. The Morgan fingerprint density at radius 1 is 1.27 bits per heavy atom. The lowest BCUT2D eigenvalue weighted by Crippen LogP contribution is -2.27. The fraction of sp³-hybridized carbons (Fsp3) is 0.227. The lowest BCUT2D eigenvalue weighted by molar-refractivity contribution is -0.122. The van der Waals surface area contributed by atoms with Crippen LogP contribution in [0.2, 0.25) is 0 Å². The van der Waals surface area contributed by atoms with E-state index in [1.54, 1.807) is 31.3 Å². The van der Waals surface area contributed by atoms with Crippen molar-refractivity contribution in [2.75, 3.05) is 14.1 Å². The number of nitrogens with one attached hydrogen (secondary N) is 1. The highest BCUT2D eigenvalue weighted by atomic mass is 32.2. The van der Waals surface area contributed by atoms with Crippen LogP contribution in [0.1, 0.15) is 17.0 Å². The molecule has 0 saturated carbocycles. The van der Waals surface area contributed by atoms with Crippen LogP contribution in [0.15, 0.2) is 57.0 Å². The maximum Gasteiger partial charge on any atom is 0.266 e. The number of nitrogens with zero attached hydrogens (tertiary/aromatic N) is 3. The Morgan fingerprint density at radius 2 is 2.07 bits per heavy atom. The van der Waals surface area contributed by atoms with Crippen molar-refractivity contribution >= 4 is 45.7 Å². The van der Waals surface area contributed by atoms with Gasteiger partial charge in [0.15, 0.2) is 5.17 Å². The Balaban J connectivity index is 1.66. The Morgan fingerprint density at radius 3 is 2.77 bits per heavy atom. The first-order valence-corrected chi connectivity index (χ1v) is 10.3. The van der Waals surface area contributed by atoms with Gasteiger partial charge in [-0.2, -0.15) is 0 Å². The summed E-state index contributed by atoms with van der Waals surface area (Å²) in [4.78, 5) is 31.5. The zero-order chi connectivity index (χ0) is 21.3. The fourth-order valence-electron chi connectivity index (χ4n) is 3.52. The molecule has 1 N–H and O–H groups in total. The molecule has 0 aliphatic carbocycles. The molecular weight excluding hydrogens is 400 g/mol. The van der Waals surface area contributed by atoms with Crippen LogP contribution in [-0.2, 0) is 22.7 Å². The third-order valence-electron chi connectivity index (χ3n) is 5.09. The Kier molecular flexibility index (Phi) is 5.50. The number of hydrogen-bond acceptors (Lipinski definition) is 5. The highest BCUT2D eigenvalue weighted by Gasteiger charge is 2.30. The molecule has 1 aliphatic heterocycles. The van der Waals surface area contributed by atoms with Crippen molar-refractivity contribution in [2.45, 2.75) is 20.0 Å². The highest BCUT2D eigenvalue weighted by molar-refractivity contribution is 8.18. The van der Waals surface area contributed by atoms with Crippen LogP contribution in [-0.4, -0.2) is 40.5 Å². The molecule has 3 heterocycles. The van der Waals surface area contributed by atoms with Gasteiger partial charge in [0.2, 0.25) is 5.91 Å². The fourth-order valence-corrected chi connectivity index (χ4v) is 4.43. The summed E-state index contributed by atoms with van der Waals surface area (Å²) in [6.45, 7) is 2.49. The first-order valence-electron chi connectivity index (χ1n) is 9.51. The van der Waals surface area contributed by atoms with Crippen molar-refractivity contribution in [1.29, 1.82) is 0 Å². The summed E-state index contributed by atoms with van der Waals surface area (Å²) in [5.74, 6) is 0.520. The molecule has 2 amide bonds. The summed E-state index contributed by atoms with van der Waals surface area (Å²) in [5.41, 5.74) is 2.81. The number of para-hydroxylation sites is 1. The van der Waals surface area contributed by atoms with Crippen LogP contribution in [0.3, 0.4) is 0 Å². The summed E-state index contributed by atoms with van der Waals surface area (Å²) in [7, 11) is 3.39. The predicted molar refractivity (Wildman–Crippen MR) is 119 cm³/mol. The molecule has 1 aliphatic rings. The van der Waals surface area contributed by atoms with E-state index in [0.717, 1.165) is 22.2 Å². The van der Waals surface area contributed by atoms with Crippen molar-refractivity contribution in [2.24, 2.45) is 4.99 Å². The molecule has 2 aromatic heterocycles. The molecule has 3 aromatic rings. The second kappa shape index (κ2) is 8.23. The molecule has 4 rings (SSSR count). The van der Waals surface area contributed by atoms with Gasteiger partial charge in [0.05, 0.1) is 17.7 Å². The SMILES string of the molecule is CN=C1S/C(=C\c2c(C)n(CC(=O)NCc3ccco3)c3ccccc23)C(=O)N1C. The van der Waals surface area contributed by atoms with Crippen LogP contribution in [0.4, 0.5) is 0 Å². The van der Waals surface area contributed by atoms with Crippen molar-refractivity contribution in [3.05, 3.63) is 64.6 Å². The number of fused-ring (bicyclic) bond motifs is 1. The Bertz CT molecular complexity index is 1170. The minimum Gasteiger partial charge on any atom is -0.467 e. The topological polar surface area (TPSA) is 79.8 Å². The summed E-state index contributed by atoms with van der Waals surface area (Å²) in [5, 5.41) is 4.56. The van der Waals surface area contributed by atoms with Gasteiger partial charge in [0.25, 0.3) is 5.91 Å². The van der Waals surface area contributed by atoms with E-state index in [9.17, 15) is 9.59 Å². The first-order chi connectivity index (χ1) is 14.5. The zero-order valence-corrected chi connectivity index (χ0v) is 17.8. The van der Waals surface area contributed by atoms with Crippen LogP contribution in [0.5, 0.6) is 0 Å². The monoisotopic (exact) mass is 422 g/mol. The van der Waals surface area contributed by atoms with Gasteiger partial charge < -0.3 is 14.3 Å². The van der Waals surface area contributed by atoms with E-state index in [2.05, 4.69) is 10.3 Å². The molecule has 1 fully saturated rings. The van der Waals surface area contributed by atoms with Gasteiger partial charge in [0.1, 0.15) is 12.3 Å². The van der Waals surface area contributed by atoms with Gasteiger partial charge in [-0.15, -0.1) is 0 Å². The molecule has 0 radical (unpaired) electrons. The van der Waals surface area contributed by atoms with Gasteiger partial charge in [-0.1, -0.05) is 18.2 Å². The average molecular weight is 423 g/mol. The molecule has 0 spiro atoms. The van der Waals surface area contributed by atoms with Crippen LogP contribution < -0.4 is 5.32 Å². The number of rotatable bonds is 5. The smallest absolute Gasteiger partial charge is 0.266 e. The van der Waals surface area contributed by atoms with Crippen LogP contribution in [0, 0.1) is 6.92 Å². The molecule has 0 bridgehead atoms. The number of thioether (sulfide) groups is 1. The normalized spacial score (nSPS) is 16.9. The number of aliphatic imine (C=N–C) groups is 1. The second-order valence-corrected chi connectivity index (χ2v) is 7.95. The lowest BCUT2D eigenvalue weighted by Gasteiger charge is -2.09. The Labute approximate surface area is 178 Å². The standard InChI is InChI=1S/C22H22N4O3S/c1-14-17(11-19-21(28)25(3)22(23-2)30-19)16-8-4-5-9-18(16)26(14)13-20(27)24-12-15-7-6-10-29-15/h4-11H,12-13H2,1-3H3,(H,24,27)/b19-11-,23-22?. The molecular formula is C22H22N4O3S. The van der Waals surface area contributed by atoms with Crippen LogP contribution in [0.25, 0.3) is 17.0 Å². The van der Waals surface area contributed by atoms with E-state index in [1.807, 2.05) is 47.9 Å². The summed E-state index contributed by atoms with van der Waals surface area (Å²) >= 11 is 1.36. The van der Waals surface area contributed by atoms with Gasteiger partial charge >= 0.3 is 0 Å². The minimum atomic E-state index is -0.110. The number of benzene rings is 1. The van der Waals surface area contributed by atoms with E-state index >= 15 is 0 Å². The van der Waals surface area contributed by atoms with E-state index in [0.29, 0.717) is 22.4 Å². The molecule has 0 atom stereocenters. The first kappa shape index (κ1) is 20.0. The largest absolute Gasteiger partial charge is 0.467 e. The predicted octanol–water partition coefficient (Wildman–Crippen LogP) is 3.39. The highest BCUT2D eigenvalue weighted by Crippen LogP contribution is 2.35. The molecule has 0 unspecified atom stereocenters. The summed E-state index contributed by atoms with van der Waals surface area (Å²) < 4.78 is 7.24. The number of amidine groups is 1. The number of hydrogen-bond donors (Lipinski definition) is 1. The quantitative estimate of drug-likeness (QED) is 0.639.